The third-order valence-corrected chi connectivity index (χ3v) is 3.59. The van der Waals surface area contributed by atoms with Crippen LogP contribution in [0.25, 0.3) is 0 Å². The predicted molar refractivity (Wildman–Crippen MR) is 69.8 cm³/mol. The molecule has 3 N–H and O–H groups in total. The number of hydrogen-bond acceptors (Lipinski definition) is 2. The Bertz CT molecular complexity index is 390. The van der Waals surface area contributed by atoms with E-state index in [0.29, 0.717) is 17.9 Å². The molecule has 0 aromatic heterocycles. The largest absolute Gasteiger partial charge is 0.271 e. The Labute approximate surface area is 108 Å². The van der Waals surface area contributed by atoms with E-state index in [1.807, 2.05) is 0 Å². The highest BCUT2D eigenvalue weighted by Gasteiger charge is 2.22. The van der Waals surface area contributed by atoms with E-state index in [2.05, 4.69) is 19.3 Å². The molecule has 0 aliphatic rings. The molecule has 0 heterocycles. The standard InChI is InChI=1S/C14H22F2N2/c1-4-10(5-2)8-12(18-17)13-11(15)7-6-9(3)14(13)16/h6-7,10,12,18H,4-5,8,17H2,1-3H3. The zero-order valence-corrected chi connectivity index (χ0v) is 11.3. The van der Waals surface area contributed by atoms with E-state index in [9.17, 15) is 8.78 Å². The molecule has 1 aromatic carbocycles. The molecule has 0 amide bonds. The van der Waals surface area contributed by atoms with Crippen molar-refractivity contribution < 1.29 is 8.78 Å². The van der Waals surface area contributed by atoms with Gasteiger partial charge in [-0.3, -0.25) is 11.3 Å². The zero-order valence-electron chi connectivity index (χ0n) is 11.3. The second-order valence-electron chi connectivity index (χ2n) is 4.73. The normalized spacial score (nSPS) is 13.1. The highest BCUT2D eigenvalue weighted by Crippen LogP contribution is 2.29. The molecule has 1 rings (SSSR count). The molecule has 0 aliphatic carbocycles. The third kappa shape index (κ3) is 3.27. The molecule has 2 nitrogen and oxygen atoms in total. The van der Waals surface area contributed by atoms with Crippen molar-refractivity contribution in [3.63, 3.8) is 0 Å². The fourth-order valence-electron chi connectivity index (χ4n) is 2.22. The molecule has 0 saturated heterocycles. The highest BCUT2D eigenvalue weighted by atomic mass is 19.1. The number of hydrogen-bond donors (Lipinski definition) is 2. The molecule has 1 atom stereocenters. The van der Waals surface area contributed by atoms with Crippen LogP contribution in [0.1, 0.15) is 50.3 Å². The molecule has 1 unspecified atom stereocenters. The van der Waals surface area contributed by atoms with Gasteiger partial charge in [0.15, 0.2) is 0 Å². The van der Waals surface area contributed by atoms with Crippen molar-refractivity contribution in [2.75, 3.05) is 0 Å². The summed E-state index contributed by atoms with van der Waals surface area (Å²) in [6, 6.07) is 2.26. The summed E-state index contributed by atoms with van der Waals surface area (Å²) in [4.78, 5) is 0. The first-order chi connectivity index (χ1) is 8.54. The Kier molecular flexibility index (Phi) is 5.69. The molecule has 0 fully saturated rings. The number of nitrogens with one attached hydrogen (secondary N) is 1. The van der Waals surface area contributed by atoms with Crippen LogP contribution < -0.4 is 11.3 Å². The lowest BCUT2D eigenvalue weighted by Gasteiger charge is -2.23. The van der Waals surface area contributed by atoms with Crippen molar-refractivity contribution in [3.05, 3.63) is 34.9 Å². The third-order valence-electron chi connectivity index (χ3n) is 3.59. The molecule has 102 valence electrons. The minimum absolute atomic E-state index is 0.0596. The molecular weight excluding hydrogens is 234 g/mol. The van der Waals surface area contributed by atoms with E-state index in [1.54, 1.807) is 6.92 Å². The number of benzene rings is 1. The van der Waals surface area contributed by atoms with E-state index in [0.717, 1.165) is 12.8 Å². The molecular formula is C14H22F2N2. The van der Waals surface area contributed by atoms with Crippen LogP contribution in [-0.4, -0.2) is 0 Å². The van der Waals surface area contributed by atoms with E-state index in [4.69, 9.17) is 5.84 Å². The average Bonchev–Trinajstić information content (AvgIpc) is 2.38. The monoisotopic (exact) mass is 256 g/mol. The van der Waals surface area contributed by atoms with Crippen molar-refractivity contribution in [2.24, 2.45) is 11.8 Å². The summed E-state index contributed by atoms with van der Waals surface area (Å²) in [6.07, 6.45) is 2.59. The maximum Gasteiger partial charge on any atom is 0.133 e. The summed E-state index contributed by atoms with van der Waals surface area (Å²) >= 11 is 0. The van der Waals surface area contributed by atoms with Crippen molar-refractivity contribution >= 4 is 0 Å². The van der Waals surface area contributed by atoms with E-state index < -0.39 is 17.7 Å². The molecule has 0 radical (unpaired) electrons. The zero-order chi connectivity index (χ0) is 13.7. The minimum Gasteiger partial charge on any atom is -0.271 e. The van der Waals surface area contributed by atoms with Gasteiger partial charge in [0.25, 0.3) is 0 Å². The van der Waals surface area contributed by atoms with Crippen molar-refractivity contribution in [1.82, 2.24) is 5.43 Å². The van der Waals surface area contributed by atoms with Gasteiger partial charge in [0.05, 0.1) is 6.04 Å². The van der Waals surface area contributed by atoms with Crippen LogP contribution in [0.3, 0.4) is 0 Å². The van der Waals surface area contributed by atoms with Crippen LogP contribution in [0, 0.1) is 24.5 Å². The summed E-state index contributed by atoms with van der Waals surface area (Å²) < 4.78 is 27.8. The fourth-order valence-corrected chi connectivity index (χ4v) is 2.22. The molecule has 0 spiro atoms. The van der Waals surface area contributed by atoms with Crippen molar-refractivity contribution in [3.8, 4) is 0 Å². The maximum absolute atomic E-state index is 14.0. The van der Waals surface area contributed by atoms with Crippen LogP contribution in [0.15, 0.2) is 12.1 Å². The number of hydrazine groups is 1. The van der Waals surface area contributed by atoms with Crippen molar-refractivity contribution in [1.29, 1.82) is 0 Å². The van der Waals surface area contributed by atoms with Gasteiger partial charge in [0, 0.05) is 5.56 Å². The second-order valence-corrected chi connectivity index (χ2v) is 4.73. The topological polar surface area (TPSA) is 38.0 Å². The molecule has 1 aromatic rings. The quantitative estimate of drug-likeness (QED) is 0.603. The van der Waals surface area contributed by atoms with Gasteiger partial charge < -0.3 is 0 Å². The van der Waals surface area contributed by atoms with Gasteiger partial charge in [-0.2, -0.15) is 0 Å². The number of aryl methyl sites for hydroxylation is 1. The lowest BCUT2D eigenvalue weighted by atomic mass is 9.90. The van der Waals surface area contributed by atoms with Crippen LogP contribution in [0.4, 0.5) is 8.78 Å². The summed E-state index contributed by atoms with van der Waals surface area (Å²) in [5.41, 5.74) is 3.05. The fraction of sp³-hybridized carbons (Fsp3) is 0.571. The van der Waals surface area contributed by atoms with E-state index in [-0.39, 0.29) is 5.56 Å². The first-order valence-corrected chi connectivity index (χ1v) is 6.45. The minimum atomic E-state index is -0.535. The Balaban J connectivity index is 3.05. The van der Waals surface area contributed by atoms with E-state index >= 15 is 0 Å². The van der Waals surface area contributed by atoms with Crippen LogP contribution >= 0.6 is 0 Å². The van der Waals surface area contributed by atoms with Gasteiger partial charge in [-0.1, -0.05) is 32.8 Å². The first kappa shape index (κ1) is 15.1. The maximum atomic E-state index is 14.0. The average molecular weight is 256 g/mol. The summed E-state index contributed by atoms with van der Waals surface area (Å²) in [7, 11) is 0. The summed E-state index contributed by atoms with van der Waals surface area (Å²) in [6.45, 7) is 5.78. The molecule has 0 saturated carbocycles. The van der Waals surface area contributed by atoms with Gasteiger partial charge in [0.2, 0.25) is 0 Å². The Morgan fingerprint density at radius 3 is 2.33 bits per heavy atom. The smallest absolute Gasteiger partial charge is 0.133 e. The lowest BCUT2D eigenvalue weighted by Crippen LogP contribution is -2.31. The predicted octanol–water partition coefficient (Wildman–Crippen LogP) is 3.60. The molecule has 18 heavy (non-hydrogen) atoms. The number of halogens is 2. The van der Waals surface area contributed by atoms with Crippen molar-refractivity contribution in [2.45, 2.75) is 46.1 Å². The van der Waals surface area contributed by atoms with Gasteiger partial charge in [-0.15, -0.1) is 0 Å². The Morgan fingerprint density at radius 1 is 1.22 bits per heavy atom. The summed E-state index contributed by atoms with van der Waals surface area (Å²) in [5.74, 6) is 4.84. The second kappa shape index (κ2) is 6.81. The number of nitrogens with two attached hydrogens (primary N) is 1. The molecule has 0 bridgehead atoms. The van der Waals surface area contributed by atoms with Gasteiger partial charge in [-0.25, -0.2) is 8.78 Å². The lowest BCUT2D eigenvalue weighted by molar-refractivity contribution is 0.357. The highest BCUT2D eigenvalue weighted by molar-refractivity contribution is 5.29. The van der Waals surface area contributed by atoms with Crippen LogP contribution in [0.2, 0.25) is 0 Å². The van der Waals surface area contributed by atoms with Crippen LogP contribution in [-0.2, 0) is 0 Å². The molecule has 4 heteroatoms. The Morgan fingerprint density at radius 2 is 1.83 bits per heavy atom. The van der Waals surface area contributed by atoms with E-state index in [1.165, 1.54) is 12.1 Å². The summed E-state index contributed by atoms with van der Waals surface area (Å²) in [5, 5.41) is 0. The molecule has 0 aliphatic heterocycles. The van der Waals surface area contributed by atoms with Gasteiger partial charge in [0.1, 0.15) is 11.6 Å². The number of rotatable bonds is 6. The Hall–Kier alpha value is -1.00. The van der Waals surface area contributed by atoms with Gasteiger partial charge >= 0.3 is 0 Å². The SMILES string of the molecule is CCC(CC)CC(NN)c1c(F)ccc(C)c1F. The van der Waals surface area contributed by atoms with Gasteiger partial charge in [-0.05, 0) is 30.9 Å². The van der Waals surface area contributed by atoms with Crippen LogP contribution in [0.5, 0.6) is 0 Å². The first-order valence-electron chi connectivity index (χ1n) is 6.45.